The highest BCUT2D eigenvalue weighted by Crippen LogP contribution is 2.45. The van der Waals surface area contributed by atoms with Crippen LogP contribution in [0.25, 0.3) is 103 Å². The van der Waals surface area contributed by atoms with Crippen LogP contribution in [0.5, 0.6) is 0 Å². The van der Waals surface area contributed by atoms with Gasteiger partial charge in [0.15, 0.2) is 17.5 Å². The average Bonchev–Trinajstić information content (AvgIpc) is 3.95. The molecular weight excluding hydrogens is 695 g/mol. The van der Waals surface area contributed by atoms with Crippen molar-refractivity contribution in [2.24, 2.45) is 0 Å². The molecule has 11 aromatic rings. The molecule has 258 valence electrons. The number of fused-ring (bicyclic) bond motifs is 10. The van der Waals surface area contributed by atoms with Crippen LogP contribution in [0.1, 0.15) is 23.6 Å². The summed E-state index contributed by atoms with van der Waals surface area (Å²) >= 11 is 1.83. The monoisotopic (exact) mass is 723 g/mol. The highest BCUT2D eigenvalue weighted by atomic mass is 32.1. The van der Waals surface area contributed by atoms with E-state index in [0.717, 1.165) is 90.3 Å². The Hall–Kier alpha value is -6.89. The first-order chi connectivity index (χ1) is 27.2. The molecule has 12 rings (SSSR count). The second-order valence-electron chi connectivity index (χ2n) is 14.2. The minimum atomic E-state index is 0.596. The van der Waals surface area contributed by atoms with E-state index >= 15 is 0 Å². The minimum Gasteiger partial charge on any atom is -0.460 e. The molecule has 1 aliphatic carbocycles. The number of para-hydroxylation sites is 2. The second kappa shape index (κ2) is 11.8. The van der Waals surface area contributed by atoms with Gasteiger partial charge in [-0.1, -0.05) is 121 Å². The fourth-order valence-corrected chi connectivity index (χ4v) is 9.67. The van der Waals surface area contributed by atoms with Gasteiger partial charge in [-0.25, -0.2) is 15.0 Å². The zero-order valence-electron chi connectivity index (χ0n) is 29.4. The van der Waals surface area contributed by atoms with Crippen LogP contribution in [0.15, 0.2) is 161 Å². The van der Waals surface area contributed by atoms with Crippen molar-refractivity contribution in [2.75, 3.05) is 0 Å². The Balaban J connectivity index is 1.10. The standard InChI is InChI=1S/C49H29N3O2S/c1-2-12-29-27-30(26-25-28(29)11-1)47-50-48(36-18-8-21-39-43(36)33-13-3-5-20-38(33)53-39)52-49(51-47)37-19-9-22-40-44(37)35-17-7-16-32(46(35)54-40)31-15-10-24-42-45(31)34-14-4-6-23-41(34)55-42/h1-7,9-20,22-27H,8,21H2. The van der Waals surface area contributed by atoms with E-state index in [1.807, 2.05) is 35.6 Å². The first kappa shape index (κ1) is 30.6. The molecule has 4 aromatic heterocycles. The Morgan fingerprint density at radius 3 is 2.16 bits per heavy atom. The van der Waals surface area contributed by atoms with Crippen LogP contribution in [0.4, 0.5) is 0 Å². The highest BCUT2D eigenvalue weighted by Gasteiger charge is 2.26. The van der Waals surface area contributed by atoms with E-state index in [1.165, 1.54) is 25.6 Å². The van der Waals surface area contributed by atoms with E-state index in [-0.39, 0.29) is 0 Å². The Morgan fingerprint density at radius 1 is 0.491 bits per heavy atom. The molecule has 0 saturated carbocycles. The zero-order chi connectivity index (χ0) is 36.0. The highest BCUT2D eigenvalue weighted by molar-refractivity contribution is 7.25. The van der Waals surface area contributed by atoms with E-state index < -0.39 is 0 Å². The third kappa shape index (κ3) is 4.68. The number of thiophene rings is 1. The third-order valence-corrected chi connectivity index (χ3v) is 12.1. The molecule has 0 saturated heterocycles. The number of aryl methyl sites for hydroxylation is 1. The van der Waals surface area contributed by atoms with Gasteiger partial charge in [0, 0.05) is 70.6 Å². The lowest BCUT2D eigenvalue weighted by molar-refractivity contribution is 0.545. The predicted octanol–water partition coefficient (Wildman–Crippen LogP) is 13.4. The van der Waals surface area contributed by atoms with Crippen molar-refractivity contribution in [1.82, 2.24) is 15.0 Å². The van der Waals surface area contributed by atoms with Gasteiger partial charge >= 0.3 is 0 Å². The molecule has 0 aliphatic heterocycles. The lowest BCUT2D eigenvalue weighted by atomic mass is 9.93. The number of nitrogens with zero attached hydrogens (tertiary/aromatic N) is 3. The number of allylic oxidation sites excluding steroid dienone is 1. The van der Waals surface area contributed by atoms with E-state index in [9.17, 15) is 0 Å². The molecule has 1 aliphatic rings. The summed E-state index contributed by atoms with van der Waals surface area (Å²) in [5.41, 5.74) is 8.60. The van der Waals surface area contributed by atoms with Crippen LogP contribution in [0, 0.1) is 0 Å². The van der Waals surface area contributed by atoms with Gasteiger partial charge in [0.2, 0.25) is 0 Å². The Kier molecular flexibility index (Phi) is 6.56. The maximum absolute atomic E-state index is 6.84. The predicted molar refractivity (Wildman–Crippen MR) is 225 cm³/mol. The molecule has 0 spiro atoms. The van der Waals surface area contributed by atoms with Gasteiger partial charge in [-0.15, -0.1) is 11.3 Å². The van der Waals surface area contributed by atoms with Crippen LogP contribution in [-0.2, 0) is 6.42 Å². The fraction of sp³-hybridized carbons (Fsp3) is 0.0408. The number of benzene rings is 7. The largest absolute Gasteiger partial charge is 0.460 e. The molecule has 5 nitrogen and oxygen atoms in total. The molecular formula is C49H29N3O2S. The topological polar surface area (TPSA) is 65.0 Å². The average molecular weight is 724 g/mol. The van der Waals surface area contributed by atoms with Crippen LogP contribution in [-0.4, -0.2) is 15.0 Å². The maximum Gasteiger partial charge on any atom is 0.164 e. The molecule has 55 heavy (non-hydrogen) atoms. The van der Waals surface area contributed by atoms with E-state index in [0.29, 0.717) is 17.5 Å². The molecule has 0 N–H and O–H groups in total. The first-order valence-corrected chi connectivity index (χ1v) is 19.4. The quantitative estimate of drug-likeness (QED) is 0.181. The Bertz CT molecular complexity index is 3400. The van der Waals surface area contributed by atoms with Gasteiger partial charge in [0.05, 0.1) is 0 Å². The van der Waals surface area contributed by atoms with Gasteiger partial charge in [-0.2, -0.15) is 0 Å². The van der Waals surface area contributed by atoms with E-state index in [1.54, 1.807) is 0 Å². The first-order valence-electron chi connectivity index (χ1n) is 18.6. The van der Waals surface area contributed by atoms with Crippen LogP contribution < -0.4 is 0 Å². The molecule has 4 heterocycles. The normalized spacial score (nSPS) is 13.1. The molecule has 6 heteroatoms. The maximum atomic E-state index is 6.84. The van der Waals surface area contributed by atoms with Crippen molar-refractivity contribution < 1.29 is 8.83 Å². The molecule has 0 amide bonds. The number of hydrogen-bond donors (Lipinski definition) is 0. The smallest absolute Gasteiger partial charge is 0.164 e. The third-order valence-electron chi connectivity index (χ3n) is 11.0. The summed E-state index contributed by atoms with van der Waals surface area (Å²) in [4.78, 5) is 15.8. The molecule has 0 bridgehead atoms. The van der Waals surface area contributed by atoms with E-state index in [4.69, 9.17) is 23.8 Å². The summed E-state index contributed by atoms with van der Waals surface area (Å²) in [5, 5.41) is 7.89. The van der Waals surface area contributed by atoms with Crippen molar-refractivity contribution >= 4 is 80.8 Å². The lowest BCUT2D eigenvalue weighted by Crippen LogP contribution is -2.06. The summed E-state index contributed by atoms with van der Waals surface area (Å²) in [5.74, 6) is 2.81. The van der Waals surface area contributed by atoms with Gasteiger partial charge in [-0.3, -0.25) is 0 Å². The van der Waals surface area contributed by atoms with Crippen molar-refractivity contribution in [3.63, 3.8) is 0 Å². The summed E-state index contributed by atoms with van der Waals surface area (Å²) in [6.07, 6.45) is 3.92. The SMILES string of the molecule is C1=C(c2nc(-c3ccc4ccccc4c3)nc(-c3cccc4oc5c(-c6cccc7sc8ccccc8c67)cccc5c34)n2)c2c(oc3ccccc23)CC1. The number of aromatic nitrogens is 3. The van der Waals surface area contributed by atoms with Crippen molar-refractivity contribution in [3.05, 3.63) is 169 Å². The fourth-order valence-electron chi connectivity index (χ4n) is 8.54. The summed E-state index contributed by atoms with van der Waals surface area (Å²) in [6.45, 7) is 0. The molecule has 0 atom stereocenters. The van der Waals surface area contributed by atoms with Crippen LogP contribution in [0.3, 0.4) is 0 Å². The number of hydrogen-bond acceptors (Lipinski definition) is 6. The molecule has 0 fully saturated rings. The van der Waals surface area contributed by atoms with E-state index in [2.05, 4.69) is 127 Å². The number of furan rings is 2. The van der Waals surface area contributed by atoms with Crippen LogP contribution in [0.2, 0.25) is 0 Å². The van der Waals surface area contributed by atoms with Gasteiger partial charge in [0.1, 0.15) is 22.5 Å². The van der Waals surface area contributed by atoms with Crippen molar-refractivity contribution in [2.45, 2.75) is 12.8 Å². The van der Waals surface area contributed by atoms with Gasteiger partial charge in [-0.05, 0) is 53.1 Å². The zero-order valence-corrected chi connectivity index (χ0v) is 30.2. The lowest BCUT2D eigenvalue weighted by Gasteiger charge is -2.15. The van der Waals surface area contributed by atoms with Crippen molar-refractivity contribution in [1.29, 1.82) is 0 Å². The van der Waals surface area contributed by atoms with Gasteiger partial charge in [0.25, 0.3) is 0 Å². The molecule has 0 radical (unpaired) electrons. The molecule has 0 unspecified atom stereocenters. The van der Waals surface area contributed by atoms with Crippen molar-refractivity contribution in [3.8, 4) is 33.9 Å². The second-order valence-corrected chi connectivity index (χ2v) is 15.2. The Labute approximate surface area is 318 Å². The Morgan fingerprint density at radius 2 is 1.20 bits per heavy atom. The molecule has 7 aromatic carbocycles. The summed E-state index contributed by atoms with van der Waals surface area (Å²) in [7, 11) is 0. The summed E-state index contributed by atoms with van der Waals surface area (Å²) < 4.78 is 15.8. The summed E-state index contributed by atoms with van der Waals surface area (Å²) in [6, 6.07) is 50.9. The number of rotatable bonds is 4. The van der Waals surface area contributed by atoms with Crippen LogP contribution >= 0.6 is 11.3 Å². The van der Waals surface area contributed by atoms with Gasteiger partial charge < -0.3 is 8.83 Å². The minimum absolute atomic E-state index is 0.596.